The molecule has 0 atom stereocenters. The molecule has 0 aliphatic heterocycles. The lowest BCUT2D eigenvalue weighted by Gasteiger charge is -2.14. The Morgan fingerprint density at radius 1 is 1.38 bits per heavy atom. The van der Waals surface area contributed by atoms with Crippen molar-refractivity contribution in [2.75, 3.05) is 20.8 Å². The predicted molar refractivity (Wildman–Crippen MR) is 81.6 cm³/mol. The summed E-state index contributed by atoms with van der Waals surface area (Å²) in [6.07, 6.45) is 0.979. The number of aryl methyl sites for hydroxylation is 1. The van der Waals surface area contributed by atoms with Crippen molar-refractivity contribution in [3.8, 4) is 0 Å². The Morgan fingerprint density at radius 2 is 2.10 bits per heavy atom. The third-order valence-electron chi connectivity index (χ3n) is 3.16. The topological polar surface area (TPSA) is 60.5 Å². The molecule has 0 fully saturated rings. The number of fused-ring (bicyclic) bond motifs is 1. The second-order valence-corrected chi connectivity index (χ2v) is 5.00. The van der Waals surface area contributed by atoms with E-state index < -0.39 is 6.29 Å². The van der Waals surface area contributed by atoms with E-state index in [2.05, 4.69) is 10.3 Å². The van der Waals surface area contributed by atoms with E-state index in [4.69, 9.17) is 21.1 Å². The molecule has 0 bridgehead atoms. The molecule has 0 saturated heterocycles. The smallest absolute Gasteiger partial charge is 0.254 e. The van der Waals surface area contributed by atoms with Crippen molar-refractivity contribution in [3.05, 3.63) is 40.5 Å². The van der Waals surface area contributed by atoms with Gasteiger partial charge in [0.15, 0.2) is 6.29 Å². The van der Waals surface area contributed by atoms with Gasteiger partial charge in [-0.2, -0.15) is 0 Å². The Bertz CT molecular complexity index is 657. The predicted octanol–water partition coefficient (Wildman–Crippen LogP) is 2.55. The molecule has 0 aliphatic rings. The monoisotopic (exact) mass is 308 g/mol. The van der Waals surface area contributed by atoms with Gasteiger partial charge in [0.1, 0.15) is 0 Å². The van der Waals surface area contributed by atoms with Crippen LogP contribution in [0.2, 0.25) is 5.02 Å². The van der Waals surface area contributed by atoms with Crippen LogP contribution in [0.3, 0.4) is 0 Å². The van der Waals surface area contributed by atoms with Crippen molar-refractivity contribution >= 4 is 28.4 Å². The Balaban J connectivity index is 2.25. The summed E-state index contributed by atoms with van der Waals surface area (Å²) in [5.74, 6) is -0.310. The number of nitrogens with one attached hydrogen (secondary N) is 1. The number of rotatable bonds is 5. The quantitative estimate of drug-likeness (QED) is 0.862. The highest BCUT2D eigenvalue weighted by atomic mass is 35.5. The van der Waals surface area contributed by atoms with Gasteiger partial charge in [0.25, 0.3) is 5.91 Å². The lowest BCUT2D eigenvalue weighted by atomic mass is 10.1. The zero-order valence-electron chi connectivity index (χ0n) is 12.1. The standard InChI is InChI=1S/C15H17ClN2O3/c1-9-4-5-12-10(6-9)14(16)11(7-17-12)15(19)18-8-13(20-2)21-3/h4-7,13H,8H2,1-3H3,(H,18,19). The minimum atomic E-state index is -0.497. The molecule has 1 heterocycles. The zero-order valence-corrected chi connectivity index (χ0v) is 12.9. The number of nitrogens with zero attached hydrogens (tertiary/aromatic N) is 1. The fourth-order valence-corrected chi connectivity index (χ4v) is 2.25. The number of pyridine rings is 1. The molecule has 112 valence electrons. The average molecular weight is 309 g/mol. The lowest BCUT2D eigenvalue weighted by molar-refractivity contribution is -0.0974. The summed E-state index contributed by atoms with van der Waals surface area (Å²) in [6.45, 7) is 2.19. The minimum Gasteiger partial charge on any atom is -0.354 e. The number of amides is 1. The molecule has 1 aromatic carbocycles. The van der Waals surface area contributed by atoms with Gasteiger partial charge in [-0.25, -0.2) is 0 Å². The Morgan fingerprint density at radius 3 is 2.76 bits per heavy atom. The van der Waals surface area contributed by atoms with E-state index in [0.717, 1.165) is 16.5 Å². The molecule has 2 aromatic rings. The summed E-state index contributed by atoms with van der Waals surface area (Å²) in [6, 6.07) is 5.74. The van der Waals surface area contributed by atoms with E-state index in [9.17, 15) is 4.79 Å². The van der Waals surface area contributed by atoms with Crippen LogP contribution in [0, 0.1) is 6.92 Å². The van der Waals surface area contributed by atoms with E-state index >= 15 is 0 Å². The number of carbonyl (C=O) groups excluding carboxylic acids is 1. The van der Waals surface area contributed by atoms with Gasteiger partial charge in [-0.05, 0) is 19.1 Å². The first kappa shape index (κ1) is 15.7. The number of aromatic nitrogens is 1. The normalized spacial score (nSPS) is 11.1. The second kappa shape index (κ2) is 6.85. The number of methoxy groups -OCH3 is 2. The van der Waals surface area contributed by atoms with Gasteiger partial charge in [-0.15, -0.1) is 0 Å². The maximum atomic E-state index is 12.2. The molecule has 0 unspecified atom stereocenters. The summed E-state index contributed by atoms with van der Waals surface area (Å²) in [4.78, 5) is 16.4. The Labute approximate surface area is 128 Å². The van der Waals surface area contributed by atoms with Crippen LogP contribution in [0.25, 0.3) is 10.9 Å². The number of carbonyl (C=O) groups is 1. The number of benzene rings is 1. The van der Waals surface area contributed by atoms with Gasteiger partial charge in [0.2, 0.25) is 0 Å². The summed E-state index contributed by atoms with van der Waals surface area (Å²) in [5, 5.41) is 3.87. The summed E-state index contributed by atoms with van der Waals surface area (Å²) in [7, 11) is 3.02. The Hall–Kier alpha value is -1.69. The molecule has 1 N–H and O–H groups in total. The van der Waals surface area contributed by atoms with Crippen molar-refractivity contribution in [1.82, 2.24) is 10.3 Å². The van der Waals surface area contributed by atoms with Crippen LogP contribution in [-0.2, 0) is 9.47 Å². The average Bonchev–Trinajstić information content (AvgIpc) is 2.49. The van der Waals surface area contributed by atoms with Crippen LogP contribution in [0.4, 0.5) is 0 Å². The van der Waals surface area contributed by atoms with Crippen molar-refractivity contribution in [3.63, 3.8) is 0 Å². The van der Waals surface area contributed by atoms with E-state index in [1.54, 1.807) is 0 Å². The molecule has 6 heteroatoms. The van der Waals surface area contributed by atoms with E-state index in [1.807, 2.05) is 25.1 Å². The Kier molecular flexibility index (Phi) is 5.12. The first-order valence-electron chi connectivity index (χ1n) is 6.45. The van der Waals surface area contributed by atoms with Crippen LogP contribution in [-0.4, -0.2) is 37.9 Å². The van der Waals surface area contributed by atoms with Gasteiger partial charge in [0.05, 0.1) is 22.6 Å². The number of halogens is 1. The van der Waals surface area contributed by atoms with Crippen LogP contribution < -0.4 is 5.32 Å². The van der Waals surface area contributed by atoms with Crippen molar-refractivity contribution < 1.29 is 14.3 Å². The second-order valence-electron chi connectivity index (χ2n) is 4.62. The molecular formula is C15H17ClN2O3. The third-order valence-corrected chi connectivity index (χ3v) is 3.56. The maximum absolute atomic E-state index is 12.2. The highest BCUT2D eigenvalue weighted by Crippen LogP contribution is 2.26. The first-order chi connectivity index (χ1) is 10.1. The van der Waals surface area contributed by atoms with Gasteiger partial charge < -0.3 is 14.8 Å². The van der Waals surface area contributed by atoms with Crippen molar-refractivity contribution in [2.45, 2.75) is 13.2 Å². The molecule has 21 heavy (non-hydrogen) atoms. The van der Waals surface area contributed by atoms with E-state index in [-0.39, 0.29) is 12.5 Å². The largest absolute Gasteiger partial charge is 0.354 e. The molecule has 0 aliphatic carbocycles. The van der Waals surface area contributed by atoms with Gasteiger partial charge in [-0.1, -0.05) is 23.2 Å². The summed E-state index contributed by atoms with van der Waals surface area (Å²) in [5.41, 5.74) is 2.15. The van der Waals surface area contributed by atoms with Gasteiger partial charge in [0, 0.05) is 25.8 Å². The number of hydrogen-bond donors (Lipinski definition) is 1. The molecule has 1 amide bonds. The highest BCUT2D eigenvalue weighted by molar-refractivity contribution is 6.38. The van der Waals surface area contributed by atoms with E-state index in [1.165, 1.54) is 20.4 Å². The number of ether oxygens (including phenoxy) is 2. The van der Waals surface area contributed by atoms with Gasteiger partial charge in [-0.3, -0.25) is 9.78 Å². The fraction of sp³-hybridized carbons (Fsp3) is 0.333. The van der Waals surface area contributed by atoms with Crippen molar-refractivity contribution in [1.29, 1.82) is 0 Å². The molecule has 0 saturated carbocycles. The summed E-state index contributed by atoms with van der Waals surface area (Å²) < 4.78 is 10.0. The van der Waals surface area contributed by atoms with Crippen LogP contribution in [0.5, 0.6) is 0 Å². The molecular weight excluding hydrogens is 292 g/mol. The van der Waals surface area contributed by atoms with Crippen molar-refractivity contribution in [2.24, 2.45) is 0 Å². The number of hydrogen-bond acceptors (Lipinski definition) is 4. The van der Waals surface area contributed by atoms with Crippen LogP contribution >= 0.6 is 11.6 Å². The van der Waals surface area contributed by atoms with E-state index in [0.29, 0.717) is 10.6 Å². The third kappa shape index (κ3) is 3.50. The maximum Gasteiger partial charge on any atom is 0.254 e. The zero-order chi connectivity index (χ0) is 15.4. The molecule has 1 aromatic heterocycles. The first-order valence-corrected chi connectivity index (χ1v) is 6.83. The van der Waals surface area contributed by atoms with Crippen LogP contribution in [0.1, 0.15) is 15.9 Å². The van der Waals surface area contributed by atoms with Gasteiger partial charge >= 0.3 is 0 Å². The minimum absolute atomic E-state index is 0.230. The molecule has 0 spiro atoms. The molecule has 2 rings (SSSR count). The SMILES string of the molecule is COC(CNC(=O)c1cnc2ccc(C)cc2c1Cl)OC. The molecule has 5 nitrogen and oxygen atoms in total. The highest BCUT2D eigenvalue weighted by Gasteiger charge is 2.15. The molecule has 0 radical (unpaired) electrons. The van der Waals surface area contributed by atoms with Crippen LogP contribution in [0.15, 0.2) is 24.4 Å². The lowest BCUT2D eigenvalue weighted by Crippen LogP contribution is -2.34. The summed E-state index contributed by atoms with van der Waals surface area (Å²) >= 11 is 6.33. The fourth-order valence-electron chi connectivity index (χ4n) is 1.97.